The lowest BCUT2D eigenvalue weighted by Gasteiger charge is -2.34. The molecule has 0 radical (unpaired) electrons. The first-order valence-corrected chi connectivity index (χ1v) is 9.84. The van der Waals surface area contributed by atoms with Gasteiger partial charge in [-0.2, -0.15) is 0 Å². The number of hydrogen-bond donors (Lipinski definition) is 2. The molecular weight excluding hydrogens is 366 g/mol. The van der Waals surface area contributed by atoms with Crippen LogP contribution in [0.2, 0.25) is 5.02 Å². The molecule has 1 aromatic rings. The van der Waals surface area contributed by atoms with E-state index in [1.807, 2.05) is 26.0 Å². The molecule has 27 heavy (non-hydrogen) atoms. The summed E-state index contributed by atoms with van der Waals surface area (Å²) in [4.78, 5) is 38.8. The normalized spacial score (nSPS) is 22.7. The Balaban J connectivity index is 1.74. The van der Waals surface area contributed by atoms with Gasteiger partial charge in [-0.05, 0) is 56.2 Å². The van der Waals surface area contributed by atoms with Crippen molar-refractivity contribution in [3.8, 4) is 0 Å². The molecule has 1 aromatic carbocycles. The Morgan fingerprint density at radius 3 is 2.37 bits per heavy atom. The van der Waals surface area contributed by atoms with Crippen LogP contribution in [-0.2, 0) is 15.1 Å². The second kappa shape index (κ2) is 7.15. The van der Waals surface area contributed by atoms with Crippen LogP contribution >= 0.6 is 11.6 Å². The maximum Gasteiger partial charge on any atom is 0.325 e. The van der Waals surface area contributed by atoms with Crippen LogP contribution in [0, 0.1) is 5.92 Å². The van der Waals surface area contributed by atoms with E-state index >= 15 is 0 Å². The van der Waals surface area contributed by atoms with Crippen LogP contribution in [-0.4, -0.2) is 34.8 Å². The summed E-state index contributed by atoms with van der Waals surface area (Å²) in [6, 6.07) is 6.89. The van der Waals surface area contributed by atoms with Gasteiger partial charge in [0, 0.05) is 5.02 Å². The van der Waals surface area contributed by atoms with Gasteiger partial charge < -0.3 is 10.6 Å². The number of urea groups is 1. The first-order valence-electron chi connectivity index (χ1n) is 9.47. The Bertz CT molecular complexity index is 756. The van der Waals surface area contributed by atoms with E-state index in [0.717, 1.165) is 23.3 Å². The third kappa shape index (κ3) is 3.55. The number of nitrogens with zero attached hydrogens (tertiary/aromatic N) is 1. The molecule has 1 aliphatic carbocycles. The highest BCUT2D eigenvalue weighted by molar-refractivity contribution is 6.30. The summed E-state index contributed by atoms with van der Waals surface area (Å²) in [5.41, 5.74) is -0.494. The molecule has 2 N–H and O–H groups in total. The third-order valence-corrected chi connectivity index (χ3v) is 6.23. The minimum absolute atomic E-state index is 0.168. The Morgan fingerprint density at radius 1 is 1.26 bits per heavy atom. The van der Waals surface area contributed by atoms with Crippen molar-refractivity contribution in [3.05, 3.63) is 34.9 Å². The number of hydrogen-bond acceptors (Lipinski definition) is 3. The predicted octanol–water partition coefficient (Wildman–Crippen LogP) is 3.19. The predicted molar refractivity (Wildman–Crippen MR) is 103 cm³/mol. The zero-order chi connectivity index (χ0) is 19.8. The summed E-state index contributed by atoms with van der Waals surface area (Å²) < 4.78 is 0. The fourth-order valence-corrected chi connectivity index (χ4v) is 4.05. The second-order valence-electron chi connectivity index (χ2n) is 7.64. The number of carbonyl (C=O) groups excluding carboxylic acids is 3. The first-order chi connectivity index (χ1) is 12.8. The lowest BCUT2D eigenvalue weighted by atomic mass is 9.84. The van der Waals surface area contributed by atoms with E-state index in [2.05, 4.69) is 10.6 Å². The highest BCUT2D eigenvalue weighted by Gasteiger charge is 2.56. The highest BCUT2D eigenvalue weighted by atomic mass is 35.5. The van der Waals surface area contributed by atoms with Crippen LogP contribution in [0.15, 0.2) is 24.3 Å². The number of amides is 4. The summed E-state index contributed by atoms with van der Waals surface area (Å²) >= 11 is 5.98. The van der Waals surface area contributed by atoms with E-state index in [4.69, 9.17) is 11.6 Å². The van der Waals surface area contributed by atoms with Gasteiger partial charge in [0.2, 0.25) is 5.91 Å². The fourth-order valence-electron chi connectivity index (χ4n) is 3.92. The molecule has 0 bridgehead atoms. The van der Waals surface area contributed by atoms with Crippen molar-refractivity contribution in [3.63, 3.8) is 0 Å². The largest absolute Gasteiger partial charge is 0.345 e. The first kappa shape index (κ1) is 19.7. The third-order valence-electron chi connectivity index (χ3n) is 5.98. The molecule has 4 amide bonds. The second-order valence-corrected chi connectivity index (χ2v) is 8.08. The number of halogens is 1. The van der Waals surface area contributed by atoms with Crippen LogP contribution in [0.25, 0.3) is 0 Å². The van der Waals surface area contributed by atoms with Gasteiger partial charge in [-0.1, -0.05) is 37.6 Å². The van der Waals surface area contributed by atoms with Gasteiger partial charge in [0.15, 0.2) is 0 Å². The molecule has 1 aliphatic heterocycles. The Labute approximate surface area is 164 Å². The number of rotatable bonds is 7. The average molecular weight is 392 g/mol. The van der Waals surface area contributed by atoms with Crippen molar-refractivity contribution in [1.82, 2.24) is 15.5 Å². The molecule has 1 saturated heterocycles. The Morgan fingerprint density at radius 2 is 1.85 bits per heavy atom. The molecule has 1 saturated carbocycles. The van der Waals surface area contributed by atoms with E-state index in [0.29, 0.717) is 17.9 Å². The number of carbonyl (C=O) groups is 3. The maximum atomic E-state index is 12.7. The summed E-state index contributed by atoms with van der Waals surface area (Å²) in [7, 11) is 0. The van der Waals surface area contributed by atoms with Crippen molar-refractivity contribution < 1.29 is 14.4 Å². The molecule has 1 heterocycles. The lowest BCUT2D eigenvalue weighted by molar-refractivity contribution is -0.135. The van der Waals surface area contributed by atoms with Gasteiger partial charge in [-0.15, -0.1) is 0 Å². The van der Waals surface area contributed by atoms with Gasteiger partial charge in [0.1, 0.15) is 12.1 Å². The van der Waals surface area contributed by atoms with Crippen molar-refractivity contribution in [1.29, 1.82) is 0 Å². The average Bonchev–Trinajstić information content (AvgIpc) is 3.47. The van der Waals surface area contributed by atoms with Crippen LogP contribution in [0.1, 0.15) is 52.0 Å². The van der Waals surface area contributed by atoms with Crippen molar-refractivity contribution >= 4 is 29.4 Å². The lowest BCUT2D eigenvalue weighted by Crippen LogP contribution is -2.50. The van der Waals surface area contributed by atoms with Crippen LogP contribution in [0.4, 0.5) is 4.79 Å². The molecule has 7 heteroatoms. The van der Waals surface area contributed by atoms with Crippen LogP contribution in [0.5, 0.6) is 0 Å². The van der Waals surface area contributed by atoms with Crippen molar-refractivity contribution in [2.24, 2.45) is 5.92 Å². The zero-order valence-electron chi connectivity index (χ0n) is 16.0. The van der Waals surface area contributed by atoms with E-state index in [1.54, 1.807) is 19.1 Å². The molecule has 0 aromatic heterocycles. The van der Waals surface area contributed by atoms with Gasteiger partial charge in [0.05, 0.1) is 5.54 Å². The number of benzene rings is 1. The minimum atomic E-state index is -0.875. The molecule has 1 atom stereocenters. The highest BCUT2D eigenvalue weighted by Crippen LogP contribution is 2.42. The van der Waals surface area contributed by atoms with Crippen molar-refractivity contribution in [2.75, 3.05) is 6.54 Å². The Hall–Kier alpha value is -2.08. The monoisotopic (exact) mass is 391 g/mol. The summed E-state index contributed by atoms with van der Waals surface area (Å²) in [5.74, 6) is -0.492. The topological polar surface area (TPSA) is 78.5 Å². The quantitative estimate of drug-likeness (QED) is 0.700. The molecule has 146 valence electrons. The van der Waals surface area contributed by atoms with E-state index in [1.165, 1.54) is 0 Å². The Kier molecular flexibility index (Phi) is 5.21. The molecule has 2 fully saturated rings. The smallest absolute Gasteiger partial charge is 0.325 e. The fraction of sp³-hybridized carbons (Fsp3) is 0.550. The number of imide groups is 1. The molecule has 6 nitrogen and oxygen atoms in total. The van der Waals surface area contributed by atoms with E-state index < -0.39 is 17.1 Å². The van der Waals surface area contributed by atoms with E-state index in [-0.39, 0.29) is 24.3 Å². The molecule has 0 spiro atoms. The molecule has 2 aliphatic rings. The SMILES string of the molecule is CCC(CC)(NC(=O)CN1C(=O)NC(C)(C2CC2)C1=O)c1ccc(Cl)cc1. The minimum Gasteiger partial charge on any atom is -0.345 e. The van der Waals surface area contributed by atoms with E-state index in [9.17, 15) is 14.4 Å². The summed E-state index contributed by atoms with van der Waals surface area (Å²) in [5, 5.41) is 6.45. The van der Waals surface area contributed by atoms with Gasteiger partial charge in [-0.25, -0.2) is 4.79 Å². The summed E-state index contributed by atoms with van der Waals surface area (Å²) in [6.07, 6.45) is 3.20. The van der Waals surface area contributed by atoms with Gasteiger partial charge in [-0.3, -0.25) is 14.5 Å². The summed E-state index contributed by atoms with van der Waals surface area (Å²) in [6.45, 7) is 5.47. The zero-order valence-corrected chi connectivity index (χ0v) is 16.7. The van der Waals surface area contributed by atoms with Crippen LogP contribution < -0.4 is 10.6 Å². The van der Waals surface area contributed by atoms with Crippen molar-refractivity contribution in [2.45, 2.75) is 57.5 Å². The van der Waals surface area contributed by atoms with Crippen LogP contribution in [0.3, 0.4) is 0 Å². The van der Waals surface area contributed by atoms with Gasteiger partial charge >= 0.3 is 6.03 Å². The molecule has 1 unspecified atom stereocenters. The molecular formula is C20H26ClN3O3. The molecule has 3 rings (SSSR count). The van der Waals surface area contributed by atoms with Gasteiger partial charge in [0.25, 0.3) is 5.91 Å². The number of nitrogens with one attached hydrogen (secondary N) is 2. The maximum absolute atomic E-state index is 12.7. The standard InChI is InChI=1S/C20H26ClN3O3/c1-4-20(5-2,14-8-10-15(21)11-9-14)22-16(25)12-24-17(26)19(3,13-6-7-13)23-18(24)27/h8-11,13H,4-7,12H2,1-3H3,(H,22,25)(H,23,27).